The van der Waals surface area contributed by atoms with Crippen molar-refractivity contribution in [3.8, 4) is 0 Å². The van der Waals surface area contributed by atoms with E-state index in [1.807, 2.05) is 0 Å². The molecule has 0 atom stereocenters. The number of carboxylic acids is 2. The molecule has 0 spiro atoms. The molecule has 2 aliphatic rings. The van der Waals surface area contributed by atoms with E-state index in [0.29, 0.717) is 0 Å². The number of hydrogen-bond acceptors (Lipinski definition) is 9. The molecule has 0 bridgehead atoms. The maximum Gasteiger partial charge on any atom is 0.347 e. The fourth-order valence-corrected chi connectivity index (χ4v) is 5.34. The Morgan fingerprint density at radius 3 is 1.09 bits per heavy atom. The highest BCUT2D eigenvalue weighted by atomic mass is 16.6. The van der Waals surface area contributed by atoms with Gasteiger partial charge in [0.25, 0.3) is 0 Å². The van der Waals surface area contributed by atoms with Gasteiger partial charge in [0.15, 0.2) is 23.1 Å². The van der Waals surface area contributed by atoms with Gasteiger partial charge in [-0.05, 0) is 24.3 Å². The van der Waals surface area contributed by atoms with E-state index < -0.39 is 80.4 Å². The van der Waals surface area contributed by atoms with Crippen molar-refractivity contribution in [1.82, 2.24) is 0 Å². The molecule has 0 amide bonds. The van der Waals surface area contributed by atoms with Crippen molar-refractivity contribution in [3.05, 3.63) is 140 Å². The third-order valence-corrected chi connectivity index (χ3v) is 7.24. The lowest BCUT2D eigenvalue weighted by molar-refractivity contribution is 0.0383. The molecule has 4 aromatic carbocycles. The number of benzene rings is 4. The molecule has 43 heavy (non-hydrogen) atoms. The van der Waals surface area contributed by atoms with Crippen molar-refractivity contribution in [3.63, 3.8) is 0 Å². The van der Waals surface area contributed by atoms with Gasteiger partial charge in [0.1, 0.15) is 0 Å². The van der Waals surface area contributed by atoms with E-state index >= 15 is 0 Å². The Morgan fingerprint density at radius 1 is 0.442 bits per heavy atom. The van der Waals surface area contributed by atoms with E-state index in [-0.39, 0.29) is 33.4 Å². The van der Waals surface area contributed by atoms with E-state index in [1.54, 1.807) is 0 Å². The number of carbonyl (C=O) groups is 8. The van der Waals surface area contributed by atoms with Crippen molar-refractivity contribution >= 4 is 47.0 Å². The summed E-state index contributed by atoms with van der Waals surface area (Å²) >= 11 is 0. The zero-order chi connectivity index (χ0) is 30.7. The number of fused-ring (bicyclic) bond motifs is 4. The van der Waals surface area contributed by atoms with Crippen LogP contribution in [-0.2, 0) is 4.74 Å². The summed E-state index contributed by atoms with van der Waals surface area (Å²) in [5.41, 5.74) is -5.43. The molecule has 0 saturated heterocycles. The number of esters is 2. The highest BCUT2D eigenvalue weighted by Gasteiger charge is 2.40. The van der Waals surface area contributed by atoms with Gasteiger partial charge in [-0.1, -0.05) is 48.5 Å². The lowest BCUT2D eigenvalue weighted by Crippen LogP contribution is -2.29. The number of rotatable bonds is 4. The van der Waals surface area contributed by atoms with Gasteiger partial charge in [-0.15, -0.1) is 0 Å². The molecule has 0 unspecified atom stereocenters. The molecule has 2 aliphatic carbocycles. The van der Waals surface area contributed by atoms with Crippen LogP contribution in [0.2, 0.25) is 0 Å². The average molecular weight is 574 g/mol. The normalized spacial score (nSPS) is 12.9. The minimum atomic E-state index is -1.69. The molecule has 0 saturated carbocycles. The first-order chi connectivity index (χ1) is 20.5. The van der Waals surface area contributed by atoms with Gasteiger partial charge < -0.3 is 14.9 Å². The molecule has 0 fully saturated rings. The molecule has 208 valence electrons. The first-order valence-corrected chi connectivity index (χ1v) is 12.5. The quantitative estimate of drug-likeness (QED) is 0.231. The van der Waals surface area contributed by atoms with Crippen LogP contribution in [0, 0.1) is 0 Å². The first-order valence-electron chi connectivity index (χ1n) is 12.5. The van der Waals surface area contributed by atoms with Crippen molar-refractivity contribution in [2.24, 2.45) is 0 Å². The predicted molar refractivity (Wildman–Crippen MR) is 143 cm³/mol. The molecular weight excluding hydrogens is 560 g/mol. The van der Waals surface area contributed by atoms with Crippen molar-refractivity contribution in [2.75, 3.05) is 0 Å². The van der Waals surface area contributed by atoms with Crippen LogP contribution >= 0.6 is 0 Å². The molecule has 6 rings (SSSR count). The van der Waals surface area contributed by atoms with Crippen LogP contribution in [0.3, 0.4) is 0 Å². The summed E-state index contributed by atoms with van der Waals surface area (Å²) < 4.78 is 4.95. The second-order valence-corrected chi connectivity index (χ2v) is 9.52. The second-order valence-electron chi connectivity index (χ2n) is 9.52. The monoisotopic (exact) mass is 574 g/mol. The van der Waals surface area contributed by atoms with E-state index in [2.05, 4.69) is 0 Å². The smallest absolute Gasteiger partial charge is 0.347 e. The molecule has 0 aliphatic heterocycles. The Bertz CT molecular complexity index is 1920. The zero-order valence-corrected chi connectivity index (χ0v) is 21.5. The fourth-order valence-electron chi connectivity index (χ4n) is 5.34. The van der Waals surface area contributed by atoms with Crippen LogP contribution in [0.4, 0.5) is 0 Å². The number of ether oxygens (including phenoxy) is 1. The second kappa shape index (κ2) is 9.63. The molecule has 2 N–H and O–H groups in total. The van der Waals surface area contributed by atoms with Gasteiger partial charge in [0.05, 0.1) is 22.3 Å². The topological polar surface area (TPSA) is 186 Å². The SMILES string of the molecule is O=C(O)c1ccc2c(c1C(=O)OC(=O)c1c(C(=O)O)ccc3c1C(=O)c1ccccc1C3=O)C(=O)c1ccccc1C2=O. The third-order valence-electron chi connectivity index (χ3n) is 7.24. The van der Waals surface area contributed by atoms with Gasteiger partial charge in [-0.25, -0.2) is 19.2 Å². The van der Waals surface area contributed by atoms with Crippen LogP contribution in [0.15, 0.2) is 72.8 Å². The third kappa shape index (κ3) is 3.90. The van der Waals surface area contributed by atoms with Crippen LogP contribution < -0.4 is 0 Å². The van der Waals surface area contributed by atoms with E-state index in [9.17, 15) is 48.6 Å². The van der Waals surface area contributed by atoms with Crippen LogP contribution in [0.25, 0.3) is 0 Å². The predicted octanol–water partition coefficient (Wildman–Crippen LogP) is 3.63. The van der Waals surface area contributed by atoms with E-state index in [4.69, 9.17) is 4.74 Å². The first kappa shape index (κ1) is 26.8. The fraction of sp³-hybridized carbons (Fsp3) is 0. The minimum Gasteiger partial charge on any atom is -0.478 e. The summed E-state index contributed by atoms with van der Waals surface area (Å²) in [6.07, 6.45) is 0. The van der Waals surface area contributed by atoms with E-state index in [1.165, 1.54) is 48.5 Å². The van der Waals surface area contributed by atoms with Gasteiger partial charge >= 0.3 is 23.9 Å². The molecule has 0 aromatic heterocycles. The average Bonchev–Trinajstić information content (AvgIpc) is 3.00. The standard InChI is InChI=1S/C32H14O11/c33-25-13-5-1-3-7-15(13)27(35)21-17(25)9-11-19(29(37)38)23(21)31(41)43-32(42)24-20(30(39)40)12-10-18-22(24)28(36)16-8-4-2-6-14(16)26(18)34/h1-12H,(H,37,38)(H,39,40). The molecule has 11 heteroatoms. The largest absolute Gasteiger partial charge is 0.478 e. The van der Waals surface area contributed by atoms with Crippen LogP contribution in [0.5, 0.6) is 0 Å². The number of aromatic carboxylic acids is 2. The Kier molecular flexibility index (Phi) is 6.01. The summed E-state index contributed by atoms with van der Waals surface area (Å²) in [5.74, 6) is -9.90. The van der Waals surface area contributed by atoms with Gasteiger partial charge in [-0.2, -0.15) is 0 Å². The summed E-state index contributed by atoms with van der Waals surface area (Å²) in [6.45, 7) is 0. The number of carboxylic acid groups (broad SMARTS) is 2. The highest BCUT2D eigenvalue weighted by molar-refractivity contribution is 6.33. The summed E-state index contributed by atoms with van der Waals surface area (Å²) in [4.78, 5) is 104. The lowest BCUT2D eigenvalue weighted by atomic mass is 9.80. The number of ketones is 4. The van der Waals surface area contributed by atoms with Gasteiger partial charge in [0, 0.05) is 44.5 Å². The van der Waals surface area contributed by atoms with Crippen LogP contribution in [-0.4, -0.2) is 57.2 Å². The molecule has 4 aromatic rings. The Morgan fingerprint density at radius 2 is 0.767 bits per heavy atom. The van der Waals surface area contributed by atoms with Crippen molar-refractivity contribution < 1.29 is 53.3 Å². The Labute approximate surface area is 240 Å². The number of hydrogen-bond donors (Lipinski definition) is 2. The summed E-state index contributed by atoms with van der Waals surface area (Å²) in [7, 11) is 0. The van der Waals surface area contributed by atoms with Gasteiger partial charge in [-0.3, -0.25) is 19.2 Å². The van der Waals surface area contributed by atoms with Crippen molar-refractivity contribution in [2.45, 2.75) is 0 Å². The lowest BCUT2D eigenvalue weighted by Gasteiger charge is -2.22. The Hall–Kier alpha value is -6.36. The van der Waals surface area contributed by atoms with E-state index in [0.717, 1.165) is 24.3 Å². The Balaban J connectivity index is 1.50. The molecular formula is C32H14O11. The van der Waals surface area contributed by atoms with Crippen LogP contribution in [0.1, 0.15) is 105 Å². The summed E-state index contributed by atoms with van der Waals surface area (Å²) in [6, 6.07) is 15.2. The van der Waals surface area contributed by atoms with Crippen molar-refractivity contribution in [1.29, 1.82) is 0 Å². The highest BCUT2D eigenvalue weighted by Crippen LogP contribution is 2.34. The zero-order valence-electron chi connectivity index (χ0n) is 21.5. The minimum absolute atomic E-state index is 0.0175. The molecule has 0 radical (unpaired) electrons. The molecule has 0 heterocycles. The number of carbonyl (C=O) groups excluding carboxylic acids is 6. The molecule has 11 nitrogen and oxygen atoms in total. The summed E-state index contributed by atoms with van der Waals surface area (Å²) in [5, 5.41) is 19.6. The van der Waals surface area contributed by atoms with Gasteiger partial charge in [0.2, 0.25) is 0 Å². The maximum absolute atomic E-state index is 13.5. The maximum atomic E-state index is 13.5.